The quantitative estimate of drug-likeness (QED) is 0.818. The van der Waals surface area contributed by atoms with Crippen LogP contribution in [0.5, 0.6) is 0 Å². The molecule has 17 heavy (non-hydrogen) atoms. The molecule has 0 fully saturated rings. The Labute approximate surface area is 107 Å². The molecule has 1 aliphatic rings. The van der Waals surface area contributed by atoms with E-state index in [0.29, 0.717) is 6.04 Å². The maximum Gasteiger partial charge on any atom is 0.0498 e. The number of nitrogens with one attached hydrogen (secondary N) is 1. The van der Waals surface area contributed by atoms with Crippen LogP contribution in [0.15, 0.2) is 18.2 Å². The molecular weight excluding hydrogens is 232 g/mol. The van der Waals surface area contributed by atoms with Gasteiger partial charge in [0.1, 0.15) is 0 Å². The lowest BCUT2D eigenvalue weighted by atomic mass is 9.91. The topological polar surface area (TPSA) is 17.0 Å². The number of hydrogen-bond acceptors (Lipinski definition) is 1. The molecular formula is C14H17ClN2. The van der Waals surface area contributed by atoms with Gasteiger partial charge in [0.2, 0.25) is 0 Å². The molecule has 0 aliphatic heterocycles. The Morgan fingerprint density at radius 3 is 3.00 bits per heavy atom. The highest BCUT2D eigenvalue weighted by atomic mass is 35.5. The van der Waals surface area contributed by atoms with Crippen LogP contribution in [0.1, 0.15) is 30.1 Å². The summed E-state index contributed by atoms with van der Waals surface area (Å²) < 4.78 is 2.31. The monoisotopic (exact) mass is 248 g/mol. The van der Waals surface area contributed by atoms with E-state index in [9.17, 15) is 0 Å². The molecule has 0 radical (unpaired) electrons. The third kappa shape index (κ3) is 1.59. The molecule has 0 spiro atoms. The molecule has 90 valence electrons. The molecule has 1 aromatic carbocycles. The molecule has 3 rings (SSSR count). The zero-order chi connectivity index (χ0) is 12.0. The highest BCUT2D eigenvalue weighted by Crippen LogP contribution is 2.37. The second-order valence-corrected chi connectivity index (χ2v) is 5.25. The summed E-state index contributed by atoms with van der Waals surface area (Å²) in [6, 6.07) is 6.71. The number of hydrogen-bond donors (Lipinski definition) is 1. The van der Waals surface area contributed by atoms with Crippen LogP contribution in [0.25, 0.3) is 10.9 Å². The van der Waals surface area contributed by atoms with E-state index in [1.54, 1.807) is 0 Å². The lowest BCUT2D eigenvalue weighted by molar-refractivity contribution is 0.490. The largest absolute Gasteiger partial charge is 0.347 e. The van der Waals surface area contributed by atoms with E-state index in [-0.39, 0.29) is 0 Å². The summed E-state index contributed by atoms with van der Waals surface area (Å²) in [4.78, 5) is 0. The van der Waals surface area contributed by atoms with E-state index in [2.05, 4.69) is 36.1 Å². The summed E-state index contributed by atoms with van der Waals surface area (Å²) in [6.07, 6.45) is 3.66. The van der Waals surface area contributed by atoms with Gasteiger partial charge < -0.3 is 9.88 Å². The highest BCUT2D eigenvalue weighted by molar-refractivity contribution is 6.31. The zero-order valence-corrected chi connectivity index (χ0v) is 11.0. The van der Waals surface area contributed by atoms with Crippen molar-refractivity contribution in [3.63, 3.8) is 0 Å². The Kier molecular flexibility index (Phi) is 2.64. The summed E-state index contributed by atoms with van der Waals surface area (Å²) in [5.41, 5.74) is 4.20. The molecule has 0 bridgehead atoms. The Bertz CT molecular complexity index is 571. The van der Waals surface area contributed by atoms with E-state index >= 15 is 0 Å². The van der Waals surface area contributed by atoms with Gasteiger partial charge in [0, 0.05) is 34.7 Å². The van der Waals surface area contributed by atoms with Crippen LogP contribution in [-0.4, -0.2) is 11.6 Å². The van der Waals surface area contributed by atoms with Crippen LogP contribution in [0.4, 0.5) is 0 Å². The van der Waals surface area contributed by atoms with E-state index < -0.39 is 0 Å². The van der Waals surface area contributed by atoms with E-state index in [4.69, 9.17) is 11.6 Å². The van der Waals surface area contributed by atoms with Crippen molar-refractivity contribution in [2.45, 2.75) is 25.3 Å². The maximum atomic E-state index is 6.10. The summed E-state index contributed by atoms with van der Waals surface area (Å²) in [6.45, 7) is 0. The first kappa shape index (κ1) is 11.1. The van der Waals surface area contributed by atoms with Crippen molar-refractivity contribution in [2.24, 2.45) is 7.05 Å². The second kappa shape index (κ2) is 4.04. The fourth-order valence-electron chi connectivity index (χ4n) is 3.09. The lowest BCUT2D eigenvalue weighted by Gasteiger charge is -2.23. The van der Waals surface area contributed by atoms with Crippen molar-refractivity contribution in [1.29, 1.82) is 0 Å². The first-order valence-corrected chi connectivity index (χ1v) is 6.54. The lowest BCUT2D eigenvalue weighted by Crippen LogP contribution is -2.21. The van der Waals surface area contributed by atoms with Gasteiger partial charge in [-0.1, -0.05) is 17.7 Å². The summed E-state index contributed by atoms with van der Waals surface area (Å²) >= 11 is 6.10. The van der Waals surface area contributed by atoms with Gasteiger partial charge in [0.05, 0.1) is 0 Å². The Morgan fingerprint density at radius 2 is 2.24 bits per heavy atom. The molecule has 1 aliphatic carbocycles. The Morgan fingerprint density at radius 1 is 1.41 bits per heavy atom. The van der Waals surface area contributed by atoms with Gasteiger partial charge in [-0.25, -0.2) is 0 Å². The fourth-order valence-corrected chi connectivity index (χ4v) is 3.26. The summed E-state index contributed by atoms with van der Waals surface area (Å²) in [5.74, 6) is 0. The normalized spacial score (nSPS) is 19.6. The molecule has 1 unspecified atom stereocenters. The number of aromatic nitrogens is 1. The van der Waals surface area contributed by atoms with Gasteiger partial charge in [-0.15, -0.1) is 0 Å². The van der Waals surface area contributed by atoms with Crippen LogP contribution < -0.4 is 5.32 Å². The molecule has 1 atom stereocenters. The van der Waals surface area contributed by atoms with E-state index in [1.807, 2.05) is 6.07 Å². The van der Waals surface area contributed by atoms with Crippen molar-refractivity contribution >= 4 is 22.5 Å². The average molecular weight is 249 g/mol. The predicted octanol–water partition coefficient (Wildman–Crippen LogP) is 3.43. The molecule has 1 N–H and O–H groups in total. The van der Waals surface area contributed by atoms with Crippen molar-refractivity contribution in [3.05, 3.63) is 34.5 Å². The van der Waals surface area contributed by atoms with Gasteiger partial charge in [-0.2, -0.15) is 0 Å². The fraction of sp³-hybridized carbons (Fsp3) is 0.429. The smallest absolute Gasteiger partial charge is 0.0498 e. The maximum absolute atomic E-state index is 6.10. The number of benzene rings is 1. The standard InChI is InChI=1S/C14H17ClN2/c1-16-11-4-3-5-12-14(11)10-7-6-9(15)8-13(10)17(12)2/h6-8,11,16H,3-5H2,1-2H3. The van der Waals surface area contributed by atoms with Crippen molar-refractivity contribution in [3.8, 4) is 0 Å². The van der Waals surface area contributed by atoms with Gasteiger partial charge in [0.15, 0.2) is 0 Å². The number of halogens is 1. The third-order valence-electron chi connectivity index (χ3n) is 3.93. The molecule has 3 heteroatoms. The van der Waals surface area contributed by atoms with Gasteiger partial charge in [-0.3, -0.25) is 0 Å². The Hall–Kier alpha value is -0.990. The van der Waals surface area contributed by atoms with Gasteiger partial charge in [0.25, 0.3) is 0 Å². The molecule has 0 saturated carbocycles. The van der Waals surface area contributed by atoms with Gasteiger partial charge >= 0.3 is 0 Å². The minimum Gasteiger partial charge on any atom is -0.347 e. The van der Waals surface area contributed by atoms with Crippen LogP contribution in [-0.2, 0) is 13.5 Å². The van der Waals surface area contributed by atoms with Crippen molar-refractivity contribution in [1.82, 2.24) is 9.88 Å². The van der Waals surface area contributed by atoms with Crippen molar-refractivity contribution < 1.29 is 0 Å². The molecule has 1 heterocycles. The van der Waals surface area contributed by atoms with Crippen LogP contribution in [0.3, 0.4) is 0 Å². The zero-order valence-electron chi connectivity index (χ0n) is 10.3. The number of aryl methyl sites for hydroxylation is 1. The first-order chi connectivity index (χ1) is 8.22. The van der Waals surface area contributed by atoms with E-state index in [0.717, 1.165) is 5.02 Å². The number of nitrogens with zero attached hydrogens (tertiary/aromatic N) is 1. The number of rotatable bonds is 1. The molecule has 0 saturated heterocycles. The third-order valence-corrected chi connectivity index (χ3v) is 4.17. The molecule has 2 nitrogen and oxygen atoms in total. The molecule has 0 amide bonds. The minimum atomic E-state index is 0.489. The minimum absolute atomic E-state index is 0.489. The predicted molar refractivity (Wildman–Crippen MR) is 72.7 cm³/mol. The summed E-state index contributed by atoms with van der Waals surface area (Å²) in [5, 5.41) is 5.60. The van der Waals surface area contributed by atoms with E-state index in [1.165, 1.54) is 41.4 Å². The second-order valence-electron chi connectivity index (χ2n) is 4.81. The highest BCUT2D eigenvalue weighted by Gasteiger charge is 2.25. The SMILES string of the molecule is CNC1CCCc2c1c1ccc(Cl)cc1n2C. The van der Waals surface area contributed by atoms with Gasteiger partial charge in [-0.05, 0) is 44.0 Å². The molecule has 2 aromatic rings. The Balaban J connectivity index is 2.34. The molecule has 1 aromatic heterocycles. The number of fused-ring (bicyclic) bond motifs is 3. The van der Waals surface area contributed by atoms with Crippen LogP contribution in [0, 0.1) is 0 Å². The average Bonchev–Trinajstić information content (AvgIpc) is 2.63. The summed E-state index contributed by atoms with van der Waals surface area (Å²) in [7, 11) is 4.20. The van der Waals surface area contributed by atoms with Crippen LogP contribution in [0.2, 0.25) is 5.02 Å². The van der Waals surface area contributed by atoms with Crippen LogP contribution >= 0.6 is 11.6 Å². The first-order valence-electron chi connectivity index (χ1n) is 6.16. The van der Waals surface area contributed by atoms with Crippen molar-refractivity contribution in [2.75, 3.05) is 7.05 Å².